The molecule has 1 N–H and O–H groups in total. The number of fused-ring (bicyclic) bond motifs is 1. The fraction of sp³-hybridized carbons (Fsp3) is 0.533. The maximum absolute atomic E-state index is 5.27. The van der Waals surface area contributed by atoms with Gasteiger partial charge in [-0.2, -0.15) is 0 Å². The standard InChI is InChI=1S/C15H21N3O/c1-10-6-7-16-13(8-10)15-17-12-9-11(19-3)4-5-14(12)18(15)2/h4-5,9-10,13,16H,6-8H2,1-3H3. The van der Waals surface area contributed by atoms with Crippen LogP contribution < -0.4 is 10.1 Å². The van der Waals surface area contributed by atoms with Gasteiger partial charge in [-0.05, 0) is 37.4 Å². The number of piperidine rings is 1. The molecule has 1 fully saturated rings. The van der Waals surface area contributed by atoms with Crippen molar-refractivity contribution in [1.82, 2.24) is 14.9 Å². The molecule has 1 aliphatic heterocycles. The summed E-state index contributed by atoms with van der Waals surface area (Å²) >= 11 is 0. The van der Waals surface area contributed by atoms with E-state index in [2.05, 4.69) is 29.9 Å². The third-order valence-electron chi connectivity index (χ3n) is 4.10. The van der Waals surface area contributed by atoms with Crippen LogP contribution in [0.15, 0.2) is 18.2 Å². The van der Waals surface area contributed by atoms with Crippen molar-refractivity contribution in [2.45, 2.75) is 25.8 Å². The normalized spacial score (nSPS) is 23.7. The smallest absolute Gasteiger partial charge is 0.126 e. The molecule has 1 aromatic carbocycles. The number of imidazole rings is 1. The zero-order valence-corrected chi connectivity index (χ0v) is 11.8. The molecule has 0 aliphatic carbocycles. The minimum absolute atomic E-state index is 0.368. The fourth-order valence-corrected chi connectivity index (χ4v) is 2.94. The van der Waals surface area contributed by atoms with Crippen molar-refractivity contribution in [3.05, 3.63) is 24.0 Å². The van der Waals surface area contributed by atoms with E-state index in [1.54, 1.807) is 7.11 Å². The average molecular weight is 259 g/mol. The van der Waals surface area contributed by atoms with E-state index in [0.29, 0.717) is 6.04 Å². The summed E-state index contributed by atoms with van der Waals surface area (Å²) < 4.78 is 7.47. The van der Waals surface area contributed by atoms with Crippen LogP contribution in [0.2, 0.25) is 0 Å². The summed E-state index contributed by atoms with van der Waals surface area (Å²) in [6.45, 7) is 3.40. The summed E-state index contributed by atoms with van der Waals surface area (Å²) in [5, 5.41) is 3.58. The van der Waals surface area contributed by atoms with E-state index in [4.69, 9.17) is 9.72 Å². The Morgan fingerprint density at radius 2 is 2.26 bits per heavy atom. The number of nitrogens with one attached hydrogen (secondary N) is 1. The highest BCUT2D eigenvalue weighted by molar-refractivity contribution is 5.77. The number of aryl methyl sites for hydroxylation is 1. The van der Waals surface area contributed by atoms with E-state index < -0.39 is 0 Å². The average Bonchev–Trinajstić information content (AvgIpc) is 2.75. The van der Waals surface area contributed by atoms with Gasteiger partial charge < -0.3 is 14.6 Å². The Bertz CT molecular complexity index is 590. The molecule has 1 aliphatic rings. The van der Waals surface area contributed by atoms with Gasteiger partial charge in [0.25, 0.3) is 0 Å². The number of ether oxygens (including phenoxy) is 1. The van der Waals surface area contributed by atoms with Crippen molar-refractivity contribution >= 4 is 11.0 Å². The van der Waals surface area contributed by atoms with Gasteiger partial charge in [-0.25, -0.2) is 4.98 Å². The Kier molecular flexibility index (Phi) is 3.19. The first-order valence-electron chi connectivity index (χ1n) is 6.93. The molecule has 102 valence electrons. The van der Waals surface area contributed by atoms with Gasteiger partial charge in [0.2, 0.25) is 0 Å². The van der Waals surface area contributed by atoms with Gasteiger partial charge in [0.1, 0.15) is 11.6 Å². The Morgan fingerprint density at radius 1 is 1.42 bits per heavy atom. The minimum Gasteiger partial charge on any atom is -0.497 e. The summed E-state index contributed by atoms with van der Waals surface area (Å²) in [6, 6.07) is 6.44. The van der Waals surface area contributed by atoms with Crippen LogP contribution in [0.3, 0.4) is 0 Å². The first-order chi connectivity index (χ1) is 9.19. The van der Waals surface area contributed by atoms with Gasteiger partial charge in [0, 0.05) is 13.1 Å². The van der Waals surface area contributed by atoms with Crippen LogP contribution in [0, 0.1) is 5.92 Å². The van der Waals surface area contributed by atoms with Gasteiger partial charge in [0.15, 0.2) is 0 Å². The Morgan fingerprint density at radius 3 is 3.00 bits per heavy atom. The first-order valence-corrected chi connectivity index (χ1v) is 6.93. The third-order valence-corrected chi connectivity index (χ3v) is 4.10. The third kappa shape index (κ3) is 2.21. The van der Waals surface area contributed by atoms with Crippen LogP contribution in [0.5, 0.6) is 5.75 Å². The highest BCUT2D eigenvalue weighted by Gasteiger charge is 2.24. The zero-order chi connectivity index (χ0) is 13.4. The quantitative estimate of drug-likeness (QED) is 0.901. The van der Waals surface area contributed by atoms with Crippen LogP contribution in [-0.2, 0) is 7.05 Å². The number of rotatable bonds is 2. The maximum Gasteiger partial charge on any atom is 0.126 e. The van der Waals surface area contributed by atoms with Gasteiger partial charge >= 0.3 is 0 Å². The predicted molar refractivity (Wildman–Crippen MR) is 76.4 cm³/mol. The van der Waals surface area contributed by atoms with E-state index in [-0.39, 0.29) is 0 Å². The molecule has 4 nitrogen and oxygen atoms in total. The molecular weight excluding hydrogens is 238 g/mol. The van der Waals surface area contributed by atoms with Crippen molar-refractivity contribution in [1.29, 1.82) is 0 Å². The topological polar surface area (TPSA) is 39.1 Å². The number of hydrogen-bond acceptors (Lipinski definition) is 3. The van der Waals surface area contributed by atoms with Crippen LogP contribution in [0.4, 0.5) is 0 Å². The van der Waals surface area contributed by atoms with Crippen LogP contribution in [0.1, 0.15) is 31.6 Å². The molecule has 3 rings (SSSR count). The highest BCUT2D eigenvalue weighted by Crippen LogP contribution is 2.29. The van der Waals surface area contributed by atoms with E-state index in [1.807, 2.05) is 12.1 Å². The minimum atomic E-state index is 0.368. The molecule has 0 radical (unpaired) electrons. The summed E-state index contributed by atoms with van der Waals surface area (Å²) in [5.41, 5.74) is 2.17. The molecule has 1 saturated heterocycles. The summed E-state index contributed by atoms with van der Waals surface area (Å²) in [4.78, 5) is 4.80. The Labute approximate surface area is 113 Å². The lowest BCUT2D eigenvalue weighted by molar-refractivity contribution is 0.312. The van der Waals surface area contributed by atoms with E-state index in [9.17, 15) is 0 Å². The molecule has 1 aromatic heterocycles. The van der Waals surface area contributed by atoms with E-state index >= 15 is 0 Å². The Balaban J connectivity index is 2.01. The summed E-state index contributed by atoms with van der Waals surface area (Å²) in [5.74, 6) is 2.76. The summed E-state index contributed by atoms with van der Waals surface area (Å²) in [6.07, 6.45) is 2.42. The molecule has 0 spiro atoms. The molecule has 2 heterocycles. The van der Waals surface area contributed by atoms with E-state index in [0.717, 1.165) is 41.5 Å². The van der Waals surface area contributed by atoms with Gasteiger partial charge in [-0.3, -0.25) is 0 Å². The molecule has 2 aromatic rings. The van der Waals surface area contributed by atoms with Crippen LogP contribution in [-0.4, -0.2) is 23.2 Å². The van der Waals surface area contributed by atoms with Crippen LogP contribution in [0.25, 0.3) is 11.0 Å². The monoisotopic (exact) mass is 259 g/mol. The lowest BCUT2D eigenvalue weighted by Crippen LogP contribution is -2.32. The fourth-order valence-electron chi connectivity index (χ4n) is 2.94. The molecule has 2 unspecified atom stereocenters. The number of methoxy groups -OCH3 is 1. The molecule has 0 bridgehead atoms. The number of hydrogen-bond donors (Lipinski definition) is 1. The van der Waals surface area contributed by atoms with Gasteiger partial charge in [-0.15, -0.1) is 0 Å². The van der Waals surface area contributed by atoms with E-state index in [1.165, 1.54) is 6.42 Å². The number of aromatic nitrogens is 2. The number of nitrogens with zero attached hydrogens (tertiary/aromatic N) is 2. The largest absolute Gasteiger partial charge is 0.497 e. The highest BCUT2D eigenvalue weighted by atomic mass is 16.5. The molecule has 0 saturated carbocycles. The van der Waals surface area contributed by atoms with Crippen molar-refractivity contribution in [3.63, 3.8) is 0 Å². The van der Waals surface area contributed by atoms with Crippen molar-refractivity contribution in [2.24, 2.45) is 13.0 Å². The molecule has 2 atom stereocenters. The second kappa shape index (κ2) is 4.85. The Hall–Kier alpha value is -1.55. The number of benzene rings is 1. The van der Waals surface area contributed by atoms with Crippen molar-refractivity contribution < 1.29 is 4.74 Å². The lowest BCUT2D eigenvalue weighted by Gasteiger charge is -2.27. The van der Waals surface area contributed by atoms with Crippen molar-refractivity contribution in [2.75, 3.05) is 13.7 Å². The second-order valence-corrected chi connectivity index (χ2v) is 5.52. The zero-order valence-electron chi connectivity index (χ0n) is 11.8. The maximum atomic E-state index is 5.27. The molecular formula is C15H21N3O. The van der Waals surface area contributed by atoms with Gasteiger partial charge in [-0.1, -0.05) is 6.92 Å². The SMILES string of the molecule is COc1ccc2c(c1)nc(C1CC(C)CCN1)n2C. The first kappa shape index (κ1) is 12.5. The molecule has 0 amide bonds. The lowest BCUT2D eigenvalue weighted by atomic mass is 9.94. The van der Waals surface area contributed by atoms with Gasteiger partial charge in [0.05, 0.1) is 24.2 Å². The predicted octanol–water partition coefficient (Wildman–Crippen LogP) is 2.64. The van der Waals surface area contributed by atoms with Crippen molar-refractivity contribution in [3.8, 4) is 5.75 Å². The molecule has 4 heteroatoms. The molecule has 19 heavy (non-hydrogen) atoms. The van der Waals surface area contributed by atoms with Crippen LogP contribution >= 0.6 is 0 Å². The summed E-state index contributed by atoms with van der Waals surface area (Å²) in [7, 11) is 3.79. The second-order valence-electron chi connectivity index (χ2n) is 5.52.